The van der Waals surface area contributed by atoms with Gasteiger partial charge in [0.25, 0.3) is 11.5 Å². The third-order valence-electron chi connectivity index (χ3n) is 3.15. The molecule has 3 heterocycles. The Balaban J connectivity index is 1.56. The lowest BCUT2D eigenvalue weighted by Gasteiger charge is -2.05. The van der Waals surface area contributed by atoms with Crippen LogP contribution in [0, 0.1) is 6.92 Å². The SMILES string of the molecule is Cc1csc2nc(COC(=O)CNC(=O)c3ccco3)cc(=O)n12. The van der Waals surface area contributed by atoms with Gasteiger partial charge in [-0.3, -0.25) is 18.8 Å². The number of amides is 1. The molecule has 0 aliphatic rings. The van der Waals surface area contributed by atoms with Gasteiger partial charge in [0.05, 0.1) is 12.0 Å². The van der Waals surface area contributed by atoms with E-state index < -0.39 is 11.9 Å². The van der Waals surface area contributed by atoms with Crippen LogP contribution in [0.15, 0.2) is 39.1 Å². The minimum atomic E-state index is -0.640. The summed E-state index contributed by atoms with van der Waals surface area (Å²) < 4.78 is 11.4. The van der Waals surface area contributed by atoms with Crippen molar-refractivity contribution in [1.29, 1.82) is 0 Å². The van der Waals surface area contributed by atoms with Crippen LogP contribution in [0.2, 0.25) is 0 Å². The fourth-order valence-electron chi connectivity index (χ4n) is 2.03. The first-order valence-corrected chi connectivity index (χ1v) is 7.86. The number of rotatable bonds is 5. The Morgan fingerprint density at radius 1 is 1.46 bits per heavy atom. The molecule has 1 amide bonds. The van der Waals surface area contributed by atoms with Crippen molar-refractivity contribution in [3.8, 4) is 0 Å². The molecule has 3 rings (SSSR count). The van der Waals surface area contributed by atoms with E-state index in [4.69, 9.17) is 9.15 Å². The van der Waals surface area contributed by atoms with E-state index in [2.05, 4.69) is 10.3 Å². The molecule has 0 spiro atoms. The van der Waals surface area contributed by atoms with Crippen molar-refractivity contribution in [3.05, 3.63) is 57.3 Å². The highest BCUT2D eigenvalue weighted by Gasteiger charge is 2.12. The van der Waals surface area contributed by atoms with E-state index in [-0.39, 0.29) is 24.5 Å². The van der Waals surface area contributed by atoms with E-state index in [1.807, 2.05) is 12.3 Å². The summed E-state index contributed by atoms with van der Waals surface area (Å²) in [7, 11) is 0. The number of hydrogen-bond acceptors (Lipinski definition) is 7. The zero-order valence-corrected chi connectivity index (χ0v) is 13.5. The van der Waals surface area contributed by atoms with Crippen molar-refractivity contribution in [2.24, 2.45) is 0 Å². The highest BCUT2D eigenvalue weighted by molar-refractivity contribution is 7.15. The first-order valence-electron chi connectivity index (χ1n) is 6.98. The molecule has 0 unspecified atom stereocenters. The lowest BCUT2D eigenvalue weighted by molar-refractivity contribution is -0.143. The minimum absolute atomic E-state index is 0.107. The molecule has 0 aliphatic heterocycles. The average Bonchev–Trinajstić information content (AvgIpc) is 3.21. The highest BCUT2D eigenvalue weighted by atomic mass is 32.1. The number of nitrogens with one attached hydrogen (secondary N) is 1. The van der Waals surface area contributed by atoms with E-state index in [9.17, 15) is 14.4 Å². The molecule has 0 fully saturated rings. The number of hydrogen-bond donors (Lipinski definition) is 1. The number of esters is 1. The number of aromatic nitrogens is 2. The topological polar surface area (TPSA) is 103 Å². The van der Waals surface area contributed by atoms with Gasteiger partial charge in [-0.05, 0) is 19.1 Å². The number of thiazole rings is 1. The maximum Gasteiger partial charge on any atom is 0.325 e. The van der Waals surface area contributed by atoms with Crippen LogP contribution in [-0.2, 0) is 16.1 Å². The molecule has 0 aliphatic carbocycles. The third kappa shape index (κ3) is 3.35. The van der Waals surface area contributed by atoms with Gasteiger partial charge in [-0.25, -0.2) is 4.98 Å². The molecule has 1 N–H and O–H groups in total. The van der Waals surface area contributed by atoms with Gasteiger partial charge < -0.3 is 14.5 Å². The number of nitrogens with zero attached hydrogens (tertiary/aromatic N) is 2. The molecule has 3 aromatic rings. The summed E-state index contributed by atoms with van der Waals surface area (Å²) >= 11 is 1.33. The van der Waals surface area contributed by atoms with E-state index in [1.54, 1.807) is 6.07 Å². The van der Waals surface area contributed by atoms with Gasteiger partial charge in [0.2, 0.25) is 0 Å². The summed E-state index contributed by atoms with van der Waals surface area (Å²) in [5.74, 6) is -1.04. The van der Waals surface area contributed by atoms with Crippen molar-refractivity contribution in [2.45, 2.75) is 13.5 Å². The monoisotopic (exact) mass is 347 g/mol. The first kappa shape index (κ1) is 15.9. The molecule has 24 heavy (non-hydrogen) atoms. The van der Waals surface area contributed by atoms with Crippen LogP contribution in [-0.4, -0.2) is 27.8 Å². The lowest BCUT2D eigenvalue weighted by atomic mass is 10.4. The lowest BCUT2D eigenvalue weighted by Crippen LogP contribution is -2.30. The second-order valence-corrected chi connectivity index (χ2v) is 5.74. The van der Waals surface area contributed by atoms with Crippen molar-refractivity contribution in [2.75, 3.05) is 6.54 Å². The zero-order chi connectivity index (χ0) is 17.1. The Morgan fingerprint density at radius 3 is 3.04 bits per heavy atom. The van der Waals surface area contributed by atoms with E-state index >= 15 is 0 Å². The highest BCUT2D eigenvalue weighted by Crippen LogP contribution is 2.11. The van der Waals surface area contributed by atoms with Crippen LogP contribution in [0.25, 0.3) is 4.96 Å². The minimum Gasteiger partial charge on any atom is -0.459 e. The molecule has 0 bridgehead atoms. The molecule has 124 valence electrons. The fraction of sp³-hybridized carbons (Fsp3) is 0.200. The fourth-order valence-corrected chi connectivity index (χ4v) is 2.92. The molecule has 0 radical (unpaired) electrons. The van der Waals surface area contributed by atoms with Crippen molar-refractivity contribution >= 4 is 28.2 Å². The van der Waals surface area contributed by atoms with Crippen LogP contribution in [0.4, 0.5) is 0 Å². The summed E-state index contributed by atoms with van der Waals surface area (Å²) in [6.07, 6.45) is 1.36. The van der Waals surface area contributed by atoms with Crippen LogP contribution in [0.5, 0.6) is 0 Å². The van der Waals surface area contributed by atoms with Gasteiger partial charge in [0.1, 0.15) is 13.2 Å². The van der Waals surface area contributed by atoms with Crippen LogP contribution in [0.1, 0.15) is 21.9 Å². The van der Waals surface area contributed by atoms with Crippen LogP contribution < -0.4 is 10.9 Å². The largest absolute Gasteiger partial charge is 0.459 e. The summed E-state index contributed by atoms with van der Waals surface area (Å²) in [4.78, 5) is 40.1. The van der Waals surface area contributed by atoms with Gasteiger partial charge in [0, 0.05) is 17.1 Å². The Labute approximate surface area is 139 Å². The van der Waals surface area contributed by atoms with Gasteiger partial charge in [-0.1, -0.05) is 0 Å². The standard InChI is InChI=1S/C15H13N3O5S/c1-9-8-24-15-17-10(5-12(19)18(9)15)7-23-13(20)6-16-14(21)11-3-2-4-22-11/h2-5,8H,6-7H2,1H3,(H,16,21). The van der Waals surface area contributed by atoms with Crippen molar-refractivity contribution in [1.82, 2.24) is 14.7 Å². The van der Waals surface area contributed by atoms with Crippen molar-refractivity contribution < 1.29 is 18.7 Å². The number of carbonyl (C=O) groups excluding carboxylic acids is 2. The zero-order valence-electron chi connectivity index (χ0n) is 12.6. The van der Waals surface area contributed by atoms with Crippen molar-refractivity contribution in [3.63, 3.8) is 0 Å². The molecule has 0 aromatic carbocycles. The van der Waals surface area contributed by atoms with Gasteiger partial charge in [0.15, 0.2) is 10.7 Å². The van der Waals surface area contributed by atoms with E-state index in [0.717, 1.165) is 5.69 Å². The van der Waals surface area contributed by atoms with E-state index in [0.29, 0.717) is 10.7 Å². The van der Waals surface area contributed by atoms with Crippen LogP contribution >= 0.6 is 11.3 Å². The average molecular weight is 347 g/mol. The summed E-state index contributed by atoms with van der Waals surface area (Å²) in [6, 6.07) is 4.37. The second kappa shape index (κ2) is 6.67. The number of ether oxygens (including phenoxy) is 1. The second-order valence-electron chi connectivity index (χ2n) is 4.90. The summed E-state index contributed by atoms with van der Waals surface area (Å²) in [5.41, 5.74) is 0.931. The predicted molar refractivity (Wildman–Crippen MR) is 84.9 cm³/mol. The predicted octanol–water partition coefficient (Wildman–Crippen LogP) is 1.13. The van der Waals surface area contributed by atoms with Gasteiger partial charge in [-0.2, -0.15) is 0 Å². The summed E-state index contributed by atoms with van der Waals surface area (Å²) in [6.45, 7) is 1.37. The maximum atomic E-state index is 12.0. The quantitative estimate of drug-likeness (QED) is 0.694. The van der Waals surface area contributed by atoms with Gasteiger partial charge >= 0.3 is 5.97 Å². The Hall–Kier alpha value is -2.94. The van der Waals surface area contributed by atoms with E-state index in [1.165, 1.54) is 34.1 Å². The number of fused-ring (bicyclic) bond motifs is 1. The number of aryl methyl sites for hydroxylation is 1. The molecular weight excluding hydrogens is 334 g/mol. The molecular formula is C15H13N3O5S. The van der Waals surface area contributed by atoms with Gasteiger partial charge in [-0.15, -0.1) is 11.3 Å². The molecule has 8 nitrogen and oxygen atoms in total. The number of carbonyl (C=O) groups is 2. The third-order valence-corrected chi connectivity index (χ3v) is 4.09. The Kier molecular flexibility index (Phi) is 4.43. The molecule has 0 atom stereocenters. The molecule has 0 saturated heterocycles. The summed E-state index contributed by atoms with van der Waals surface area (Å²) in [5, 5.41) is 4.20. The Bertz CT molecular complexity index is 942. The Morgan fingerprint density at radius 2 is 2.29 bits per heavy atom. The van der Waals surface area contributed by atoms with Crippen LogP contribution in [0.3, 0.4) is 0 Å². The first-order chi connectivity index (χ1) is 11.5. The normalized spacial score (nSPS) is 10.7. The smallest absolute Gasteiger partial charge is 0.325 e. The molecule has 0 saturated carbocycles. The maximum absolute atomic E-state index is 12.0. The molecule has 3 aromatic heterocycles. The molecule has 9 heteroatoms. The number of furan rings is 1.